The summed E-state index contributed by atoms with van der Waals surface area (Å²) in [6.45, 7) is 0. The first-order chi connectivity index (χ1) is 10.8. The lowest BCUT2D eigenvalue weighted by Gasteiger charge is -2.22. The fourth-order valence-electron chi connectivity index (χ4n) is 3.02. The maximum absolute atomic E-state index is 12.2. The standard InChI is InChI=1S/C17H22N2O4/c1-19(2)15(21)12-6-5-7-13(10-12)18-14(20)11-17(16(22)23)8-3-4-9-17/h5-7,10H,3-4,8-9,11H2,1-2H3,(H,18,20)(H,22,23). The van der Waals surface area contributed by atoms with E-state index in [-0.39, 0.29) is 18.2 Å². The molecule has 0 radical (unpaired) electrons. The lowest BCUT2D eigenvalue weighted by atomic mass is 9.82. The third-order valence-corrected chi connectivity index (χ3v) is 4.31. The zero-order valence-electron chi connectivity index (χ0n) is 13.5. The maximum atomic E-state index is 12.2. The van der Waals surface area contributed by atoms with Crippen LogP contribution in [0.1, 0.15) is 42.5 Å². The molecule has 1 aromatic carbocycles. The number of carboxylic acid groups (broad SMARTS) is 1. The smallest absolute Gasteiger partial charge is 0.310 e. The van der Waals surface area contributed by atoms with E-state index < -0.39 is 11.4 Å². The van der Waals surface area contributed by atoms with Crippen LogP contribution < -0.4 is 5.32 Å². The fourth-order valence-corrected chi connectivity index (χ4v) is 3.02. The summed E-state index contributed by atoms with van der Waals surface area (Å²) >= 11 is 0. The SMILES string of the molecule is CN(C)C(=O)c1cccc(NC(=O)CC2(C(=O)O)CCCC2)c1. The molecule has 124 valence electrons. The van der Waals surface area contributed by atoms with E-state index in [2.05, 4.69) is 5.32 Å². The molecule has 23 heavy (non-hydrogen) atoms. The molecule has 0 aliphatic heterocycles. The van der Waals surface area contributed by atoms with Crippen LogP contribution in [0.3, 0.4) is 0 Å². The lowest BCUT2D eigenvalue weighted by molar-refractivity contribution is -0.150. The predicted octanol–water partition coefficient (Wildman–Crippen LogP) is 2.36. The number of nitrogens with one attached hydrogen (secondary N) is 1. The molecule has 0 heterocycles. The molecular weight excluding hydrogens is 296 g/mol. The fraction of sp³-hybridized carbons (Fsp3) is 0.471. The lowest BCUT2D eigenvalue weighted by Crippen LogP contribution is -2.32. The van der Waals surface area contributed by atoms with Gasteiger partial charge in [-0.1, -0.05) is 18.9 Å². The molecule has 2 amide bonds. The highest BCUT2D eigenvalue weighted by Crippen LogP contribution is 2.41. The van der Waals surface area contributed by atoms with E-state index >= 15 is 0 Å². The van der Waals surface area contributed by atoms with Crippen molar-refractivity contribution in [1.82, 2.24) is 4.90 Å². The Kier molecular flexibility index (Phi) is 5.03. The molecule has 0 aromatic heterocycles. The second kappa shape index (κ2) is 6.81. The Labute approximate surface area is 135 Å². The number of carboxylic acids is 1. The van der Waals surface area contributed by atoms with Gasteiger partial charge in [0.25, 0.3) is 5.91 Å². The third kappa shape index (κ3) is 3.88. The molecule has 6 heteroatoms. The largest absolute Gasteiger partial charge is 0.481 e. The molecule has 2 rings (SSSR count). The van der Waals surface area contributed by atoms with E-state index in [4.69, 9.17) is 0 Å². The Morgan fingerprint density at radius 3 is 2.43 bits per heavy atom. The minimum atomic E-state index is -0.943. The Hall–Kier alpha value is -2.37. The quantitative estimate of drug-likeness (QED) is 0.872. The average Bonchev–Trinajstić information content (AvgIpc) is 2.96. The first-order valence-corrected chi connectivity index (χ1v) is 7.69. The van der Waals surface area contributed by atoms with Crippen LogP contribution in [0.25, 0.3) is 0 Å². The topological polar surface area (TPSA) is 86.7 Å². The van der Waals surface area contributed by atoms with Gasteiger partial charge in [-0.25, -0.2) is 0 Å². The van der Waals surface area contributed by atoms with Crippen LogP contribution in [-0.4, -0.2) is 41.9 Å². The summed E-state index contributed by atoms with van der Waals surface area (Å²) in [5.41, 5.74) is 0.0316. The van der Waals surface area contributed by atoms with Crippen LogP contribution in [-0.2, 0) is 9.59 Å². The van der Waals surface area contributed by atoms with Crippen LogP contribution >= 0.6 is 0 Å². The first kappa shape index (κ1) is 17.0. The van der Waals surface area contributed by atoms with E-state index in [0.29, 0.717) is 24.1 Å². The number of anilines is 1. The summed E-state index contributed by atoms with van der Waals surface area (Å²) in [6, 6.07) is 6.65. The van der Waals surface area contributed by atoms with Gasteiger partial charge in [0, 0.05) is 31.8 Å². The van der Waals surface area contributed by atoms with Crippen molar-refractivity contribution in [2.45, 2.75) is 32.1 Å². The van der Waals surface area contributed by atoms with Gasteiger partial charge in [0.15, 0.2) is 0 Å². The van der Waals surface area contributed by atoms with Gasteiger partial charge >= 0.3 is 5.97 Å². The molecule has 1 saturated carbocycles. The van der Waals surface area contributed by atoms with Crippen LogP contribution in [0.15, 0.2) is 24.3 Å². The van der Waals surface area contributed by atoms with Gasteiger partial charge in [0.1, 0.15) is 0 Å². The number of aliphatic carboxylic acids is 1. The molecule has 1 aliphatic carbocycles. The summed E-state index contributed by atoms with van der Waals surface area (Å²) in [4.78, 5) is 37.1. The van der Waals surface area contributed by atoms with Gasteiger partial charge in [0.05, 0.1) is 5.41 Å². The number of hydrogen-bond acceptors (Lipinski definition) is 3. The van der Waals surface area contributed by atoms with Gasteiger partial charge in [-0.15, -0.1) is 0 Å². The summed E-state index contributed by atoms with van der Waals surface area (Å²) in [5, 5.41) is 12.1. The van der Waals surface area contributed by atoms with Crippen molar-refractivity contribution in [3.8, 4) is 0 Å². The number of carbonyl (C=O) groups excluding carboxylic acids is 2. The molecule has 0 bridgehead atoms. The molecular formula is C17H22N2O4. The van der Waals surface area contributed by atoms with Crippen LogP contribution in [0.5, 0.6) is 0 Å². The van der Waals surface area contributed by atoms with Crippen LogP contribution in [0.2, 0.25) is 0 Å². The number of benzene rings is 1. The molecule has 1 fully saturated rings. The molecule has 0 atom stereocenters. The maximum Gasteiger partial charge on any atom is 0.310 e. The van der Waals surface area contributed by atoms with E-state index in [1.165, 1.54) is 4.90 Å². The number of hydrogen-bond donors (Lipinski definition) is 2. The monoisotopic (exact) mass is 318 g/mol. The van der Waals surface area contributed by atoms with Gasteiger partial charge in [-0.2, -0.15) is 0 Å². The van der Waals surface area contributed by atoms with E-state index in [0.717, 1.165) is 12.8 Å². The van der Waals surface area contributed by atoms with Gasteiger partial charge in [0.2, 0.25) is 5.91 Å². The minimum absolute atomic E-state index is 0.0335. The number of rotatable bonds is 5. The Morgan fingerprint density at radius 1 is 1.22 bits per heavy atom. The molecule has 6 nitrogen and oxygen atoms in total. The summed E-state index contributed by atoms with van der Waals surface area (Å²) in [6.07, 6.45) is 2.72. The van der Waals surface area contributed by atoms with Gasteiger partial charge < -0.3 is 15.3 Å². The van der Waals surface area contributed by atoms with E-state index in [9.17, 15) is 19.5 Å². The van der Waals surface area contributed by atoms with Crippen molar-refractivity contribution in [3.63, 3.8) is 0 Å². The third-order valence-electron chi connectivity index (χ3n) is 4.31. The van der Waals surface area contributed by atoms with E-state index in [1.807, 2.05) is 0 Å². The predicted molar refractivity (Wildman–Crippen MR) is 86.2 cm³/mol. The molecule has 2 N–H and O–H groups in total. The van der Waals surface area contributed by atoms with Crippen molar-refractivity contribution >= 4 is 23.5 Å². The highest BCUT2D eigenvalue weighted by Gasteiger charge is 2.42. The summed E-state index contributed by atoms with van der Waals surface area (Å²) < 4.78 is 0. The van der Waals surface area contributed by atoms with Crippen LogP contribution in [0.4, 0.5) is 5.69 Å². The zero-order chi connectivity index (χ0) is 17.0. The highest BCUT2D eigenvalue weighted by atomic mass is 16.4. The van der Waals surface area contributed by atoms with E-state index in [1.54, 1.807) is 38.4 Å². The number of nitrogens with zero attached hydrogens (tertiary/aromatic N) is 1. The average molecular weight is 318 g/mol. The van der Waals surface area contributed by atoms with Crippen molar-refractivity contribution in [2.24, 2.45) is 5.41 Å². The Bertz CT molecular complexity index is 619. The second-order valence-corrected chi connectivity index (χ2v) is 6.30. The van der Waals surface area contributed by atoms with Gasteiger partial charge in [-0.05, 0) is 31.0 Å². The molecule has 0 spiro atoms. The molecule has 0 saturated heterocycles. The van der Waals surface area contributed by atoms with Crippen LogP contribution in [0, 0.1) is 5.41 Å². The number of amides is 2. The number of carbonyl (C=O) groups is 3. The molecule has 1 aliphatic rings. The second-order valence-electron chi connectivity index (χ2n) is 6.30. The Morgan fingerprint density at radius 2 is 1.87 bits per heavy atom. The zero-order valence-corrected chi connectivity index (χ0v) is 13.5. The normalized spacial score (nSPS) is 15.9. The van der Waals surface area contributed by atoms with Crippen molar-refractivity contribution in [2.75, 3.05) is 19.4 Å². The van der Waals surface area contributed by atoms with Crippen molar-refractivity contribution < 1.29 is 19.5 Å². The molecule has 0 unspecified atom stereocenters. The molecule has 1 aromatic rings. The Balaban J connectivity index is 2.07. The van der Waals surface area contributed by atoms with Crippen molar-refractivity contribution in [3.05, 3.63) is 29.8 Å². The first-order valence-electron chi connectivity index (χ1n) is 7.69. The summed E-state index contributed by atoms with van der Waals surface area (Å²) in [5.74, 6) is -1.38. The minimum Gasteiger partial charge on any atom is -0.481 e. The summed E-state index contributed by atoms with van der Waals surface area (Å²) in [7, 11) is 3.31. The van der Waals surface area contributed by atoms with Crippen molar-refractivity contribution in [1.29, 1.82) is 0 Å². The highest BCUT2D eigenvalue weighted by molar-refractivity contribution is 5.98. The van der Waals surface area contributed by atoms with Gasteiger partial charge in [-0.3, -0.25) is 14.4 Å².